The van der Waals surface area contributed by atoms with E-state index in [4.69, 9.17) is 0 Å². The smallest absolute Gasteiger partial charge is 0.326 e. The quantitative estimate of drug-likeness (QED) is 0.561. The van der Waals surface area contributed by atoms with E-state index in [1.807, 2.05) is 24.3 Å². The van der Waals surface area contributed by atoms with Gasteiger partial charge in [0, 0.05) is 27.9 Å². The number of nitrogens with one attached hydrogen (secondary N) is 4. The molecule has 0 saturated carbocycles. The predicted octanol–water partition coefficient (Wildman–Crippen LogP) is 3.09. The Kier molecular flexibility index (Phi) is 4.65. The van der Waals surface area contributed by atoms with E-state index in [0.29, 0.717) is 11.3 Å². The van der Waals surface area contributed by atoms with Crippen molar-refractivity contribution in [3.8, 4) is 0 Å². The molecule has 1 aliphatic heterocycles. The second-order valence-electron chi connectivity index (χ2n) is 5.03. The highest BCUT2D eigenvalue weighted by molar-refractivity contribution is 14.1. The average Bonchev–Trinajstić information content (AvgIpc) is 2.54. The molecule has 3 rings (SSSR count). The maximum Gasteiger partial charge on any atom is 0.326 e. The number of hydrogen-bond acceptors (Lipinski definition) is 4. The zero-order chi connectivity index (χ0) is 16.2. The van der Waals surface area contributed by atoms with Crippen molar-refractivity contribution < 1.29 is 9.59 Å². The van der Waals surface area contributed by atoms with Crippen LogP contribution in [-0.2, 0) is 0 Å². The number of amides is 3. The van der Waals surface area contributed by atoms with Gasteiger partial charge in [-0.1, -0.05) is 6.07 Å². The van der Waals surface area contributed by atoms with Gasteiger partial charge in [-0.25, -0.2) is 4.79 Å². The lowest BCUT2D eigenvalue weighted by Gasteiger charge is -2.20. The minimum atomic E-state index is -0.555. The van der Waals surface area contributed by atoms with E-state index in [2.05, 4.69) is 43.9 Å². The molecule has 4 N–H and O–H groups in total. The van der Waals surface area contributed by atoms with Gasteiger partial charge >= 0.3 is 6.03 Å². The van der Waals surface area contributed by atoms with E-state index < -0.39 is 11.9 Å². The van der Waals surface area contributed by atoms with Crippen molar-refractivity contribution in [2.45, 2.75) is 0 Å². The topological polar surface area (TPSA) is 82.3 Å². The highest BCUT2D eigenvalue weighted by Gasteiger charge is 2.14. The zero-order valence-electron chi connectivity index (χ0n) is 12.2. The summed E-state index contributed by atoms with van der Waals surface area (Å²) in [6, 6.07) is 12.0. The van der Waals surface area contributed by atoms with E-state index >= 15 is 0 Å². The summed E-state index contributed by atoms with van der Waals surface area (Å²) in [5.41, 5.74) is 2.88. The van der Waals surface area contributed by atoms with Crippen LogP contribution in [0.2, 0.25) is 0 Å². The molecule has 0 radical (unpaired) electrons. The highest BCUT2D eigenvalue weighted by Crippen LogP contribution is 2.25. The lowest BCUT2D eigenvalue weighted by atomic mass is 10.1. The Morgan fingerprint density at radius 3 is 2.57 bits per heavy atom. The lowest BCUT2D eigenvalue weighted by Crippen LogP contribution is -2.34. The first-order valence-corrected chi connectivity index (χ1v) is 8.19. The Bertz CT molecular complexity index is 763. The Morgan fingerprint density at radius 2 is 1.78 bits per heavy atom. The van der Waals surface area contributed by atoms with Crippen molar-refractivity contribution in [3.63, 3.8) is 0 Å². The molecule has 2 aromatic rings. The summed E-state index contributed by atoms with van der Waals surface area (Å²) in [5.74, 6) is -0.441. The molecule has 2 aromatic carbocycles. The summed E-state index contributed by atoms with van der Waals surface area (Å²) >= 11 is 2.16. The monoisotopic (exact) mass is 422 g/mol. The number of benzene rings is 2. The van der Waals surface area contributed by atoms with Gasteiger partial charge in [0.1, 0.15) is 0 Å². The Labute approximate surface area is 147 Å². The SMILES string of the molecule is O=C(NC(=O)c1ccc2c(c1)NCCN2)Nc1cccc(I)c1. The van der Waals surface area contributed by atoms with Gasteiger partial charge in [-0.05, 0) is 59.0 Å². The fourth-order valence-corrected chi connectivity index (χ4v) is 2.83. The Hall–Kier alpha value is -2.29. The molecular weight excluding hydrogens is 407 g/mol. The number of carbonyl (C=O) groups excluding carboxylic acids is 2. The van der Waals surface area contributed by atoms with Gasteiger partial charge in [-0.2, -0.15) is 0 Å². The maximum atomic E-state index is 12.2. The first kappa shape index (κ1) is 15.6. The molecule has 0 saturated heterocycles. The van der Waals surface area contributed by atoms with Crippen molar-refractivity contribution in [1.29, 1.82) is 0 Å². The maximum absolute atomic E-state index is 12.2. The van der Waals surface area contributed by atoms with Crippen molar-refractivity contribution >= 4 is 51.6 Å². The van der Waals surface area contributed by atoms with Gasteiger partial charge in [0.05, 0.1) is 11.4 Å². The number of urea groups is 1. The van der Waals surface area contributed by atoms with Crippen molar-refractivity contribution in [2.75, 3.05) is 29.0 Å². The van der Waals surface area contributed by atoms with Crippen LogP contribution < -0.4 is 21.3 Å². The van der Waals surface area contributed by atoms with E-state index in [9.17, 15) is 9.59 Å². The molecule has 0 bridgehead atoms. The fourth-order valence-electron chi connectivity index (χ4n) is 2.28. The number of fused-ring (bicyclic) bond motifs is 1. The van der Waals surface area contributed by atoms with Gasteiger partial charge in [-0.3, -0.25) is 10.1 Å². The summed E-state index contributed by atoms with van der Waals surface area (Å²) in [6.07, 6.45) is 0. The summed E-state index contributed by atoms with van der Waals surface area (Å²) in [5, 5.41) is 11.4. The highest BCUT2D eigenvalue weighted by atomic mass is 127. The Morgan fingerprint density at radius 1 is 1.00 bits per heavy atom. The summed E-state index contributed by atoms with van der Waals surface area (Å²) in [7, 11) is 0. The Balaban J connectivity index is 1.65. The van der Waals surface area contributed by atoms with Crippen LogP contribution in [0, 0.1) is 3.57 Å². The second-order valence-corrected chi connectivity index (χ2v) is 6.28. The summed E-state index contributed by atoms with van der Waals surface area (Å²) < 4.78 is 1.000. The first-order valence-electron chi connectivity index (χ1n) is 7.11. The van der Waals surface area contributed by atoms with Gasteiger partial charge < -0.3 is 16.0 Å². The minimum Gasteiger partial charge on any atom is -0.382 e. The number of imide groups is 1. The molecule has 0 spiro atoms. The molecular formula is C16H15IN4O2. The van der Waals surface area contributed by atoms with Crippen molar-refractivity contribution in [3.05, 3.63) is 51.6 Å². The predicted molar refractivity (Wildman–Crippen MR) is 99.1 cm³/mol. The first-order chi connectivity index (χ1) is 11.1. The average molecular weight is 422 g/mol. The molecule has 6 nitrogen and oxygen atoms in total. The summed E-state index contributed by atoms with van der Waals surface area (Å²) in [4.78, 5) is 24.1. The van der Waals surface area contributed by atoms with Gasteiger partial charge in [-0.15, -0.1) is 0 Å². The number of hydrogen-bond donors (Lipinski definition) is 4. The van der Waals surface area contributed by atoms with Gasteiger partial charge in [0.2, 0.25) is 0 Å². The largest absolute Gasteiger partial charge is 0.382 e. The van der Waals surface area contributed by atoms with E-state index in [0.717, 1.165) is 28.0 Å². The number of halogens is 1. The second kappa shape index (κ2) is 6.86. The number of carbonyl (C=O) groups is 2. The number of anilines is 3. The zero-order valence-corrected chi connectivity index (χ0v) is 14.3. The molecule has 118 valence electrons. The molecule has 0 atom stereocenters. The van der Waals surface area contributed by atoms with Gasteiger partial charge in [0.25, 0.3) is 5.91 Å². The molecule has 1 heterocycles. The van der Waals surface area contributed by atoms with Crippen LogP contribution in [0.5, 0.6) is 0 Å². The van der Waals surface area contributed by atoms with E-state index in [1.165, 1.54) is 0 Å². The normalized spacial score (nSPS) is 12.4. The molecule has 3 amide bonds. The third-order valence-corrected chi connectivity index (χ3v) is 4.02. The van der Waals surface area contributed by atoms with Crippen LogP contribution in [0.4, 0.5) is 21.9 Å². The van der Waals surface area contributed by atoms with Crippen LogP contribution >= 0.6 is 22.6 Å². The molecule has 23 heavy (non-hydrogen) atoms. The van der Waals surface area contributed by atoms with Crippen molar-refractivity contribution in [2.24, 2.45) is 0 Å². The fraction of sp³-hybridized carbons (Fsp3) is 0.125. The van der Waals surface area contributed by atoms with Crippen LogP contribution in [-0.4, -0.2) is 25.0 Å². The van der Waals surface area contributed by atoms with Gasteiger partial charge in [0.15, 0.2) is 0 Å². The van der Waals surface area contributed by atoms with Crippen molar-refractivity contribution in [1.82, 2.24) is 5.32 Å². The molecule has 1 aliphatic rings. The molecule has 0 aliphatic carbocycles. The third-order valence-electron chi connectivity index (χ3n) is 3.35. The molecule has 0 aromatic heterocycles. The van der Waals surface area contributed by atoms with E-state index in [1.54, 1.807) is 18.2 Å². The third kappa shape index (κ3) is 3.92. The van der Waals surface area contributed by atoms with E-state index in [-0.39, 0.29) is 0 Å². The molecule has 0 fully saturated rings. The van der Waals surface area contributed by atoms with Crippen LogP contribution in [0.25, 0.3) is 0 Å². The van der Waals surface area contributed by atoms with Crippen LogP contribution in [0.1, 0.15) is 10.4 Å². The molecule has 0 unspecified atom stereocenters. The molecule has 7 heteroatoms. The number of rotatable bonds is 2. The summed E-state index contributed by atoms with van der Waals surface area (Å²) in [6.45, 7) is 1.64. The minimum absolute atomic E-state index is 0.428. The van der Waals surface area contributed by atoms with Crippen LogP contribution in [0.15, 0.2) is 42.5 Å². The van der Waals surface area contributed by atoms with Crippen LogP contribution in [0.3, 0.4) is 0 Å². The lowest BCUT2D eigenvalue weighted by molar-refractivity contribution is 0.0967. The standard InChI is InChI=1S/C16H15IN4O2/c17-11-2-1-3-12(9-11)20-16(23)21-15(22)10-4-5-13-14(8-10)19-7-6-18-13/h1-5,8-9,18-19H,6-7H2,(H2,20,21,22,23).